The first-order chi connectivity index (χ1) is 26.9. The summed E-state index contributed by atoms with van der Waals surface area (Å²) in [6.07, 6.45) is 37.5. The lowest BCUT2D eigenvalue weighted by Crippen LogP contribution is -2.42. The molecule has 9 heteroatoms. The first-order valence-corrected chi connectivity index (χ1v) is 25.3. The second-order valence-corrected chi connectivity index (χ2v) is 20.6. The SMILES string of the molecule is CCCCCCCCSC(CCC(=O)OCCC1(CCOC(=O)CC23CCC(CC2)CC3)CCN(CCCCn2ccnc2)CC1)SCCCCCCCC. The molecule has 316 valence electrons. The molecule has 0 atom stereocenters. The van der Waals surface area contributed by atoms with Gasteiger partial charge in [-0.15, -0.1) is 23.5 Å². The number of carbonyl (C=O) groups excluding carboxylic acids is 2. The lowest BCUT2D eigenvalue weighted by Gasteiger charge is -2.46. The Balaban J connectivity index is 1.20. The maximum atomic E-state index is 13.2. The van der Waals surface area contributed by atoms with Crippen molar-refractivity contribution in [3.05, 3.63) is 18.7 Å². The Hall–Kier alpha value is -1.19. The second kappa shape index (κ2) is 27.5. The first kappa shape index (κ1) is 46.5. The van der Waals surface area contributed by atoms with E-state index in [9.17, 15) is 9.59 Å². The fourth-order valence-corrected chi connectivity index (χ4v) is 12.2. The van der Waals surface area contributed by atoms with E-state index in [1.165, 1.54) is 134 Å². The number of carbonyl (C=O) groups is 2. The van der Waals surface area contributed by atoms with Crippen LogP contribution >= 0.6 is 23.5 Å². The van der Waals surface area contributed by atoms with Gasteiger partial charge >= 0.3 is 11.9 Å². The number of hydrogen-bond acceptors (Lipinski definition) is 8. The van der Waals surface area contributed by atoms with Gasteiger partial charge in [0, 0.05) is 25.4 Å². The van der Waals surface area contributed by atoms with E-state index in [2.05, 4.69) is 51.8 Å². The highest BCUT2D eigenvalue weighted by Gasteiger charge is 2.42. The summed E-state index contributed by atoms with van der Waals surface area (Å²) in [5.74, 6) is 3.27. The predicted molar refractivity (Wildman–Crippen MR) is 234 cm³/mol. The lowest BCUT2D eigenvalue weighted by molar-refractivity contribution is -0.149. The van der Waals surface area contributed by atoms with E-state index in [1.807, 2.05) is 18.7 Å². The van der Waals surface area contributed by atoms with Crippen molar-refractivity contribution in [3.8, 4) is 0 Å². The molecule has 0 aromatic carbocycles. The van der Waals surface area contributed by atoms with Gasteiger partial charge in [-0.05, 0) is 144 Å². The molecular weight excluding hydrogens is 723 g/mol. The van der Waals surface area contributed by atoms with Gasteiger partial charge in [0.15, 0.2) is 0 Å². The summed E-state index contributed by atoms with van der Waals surface area (Å²) in [4.78, 5) is 33.1. The summed E-state index contributed by atoms with van der Waals surface area (Å²) < 4.78 is 14.6. The summed E-state index contributed by atoms with van der Waals surface area (Å²) in [6.45, 7) is 9.78. The van der Waals surface area contributed by atoms with E-state index in [0.29, 0.717) is 30.6 Å². The molecule has 7 nitrogen and oxygen atoms in total. The number of thioether (sulfide) groups is 2. The standard InChI is InChI=1S/C46H81N3O4S2/c1-3-5-7-9-11-15-37-54-44(55-38-16-12-10-8-6-4-2)18-17-42(50)52-35-27-45(25-32-48(33-26-45)30-13-14-31-49-34-29-47-40-49)28-36-53-43(51)39-46-22-19-41(20-23-46)21-24-46/h29,34,40-41,44H,3-28,30-33,35-39H2,1-2H3. The highest BCUT2D eigenvalue weighted by molar-refractivity contribution is 8.17. The number of piperidine rings is 1. The highest BCUT2D eigenvalue weighted by atomic mass is 32.2. The Morgan fingerprint density at radius 3 is 1.87 bits per heavy atom. The number of rotatable bonds is 32. The number of fused-ring (bicyclic) bond motifs is 3. The molecule has 0 unspecified atom stereocenters. The molecule has 0 N–H and O–H groups in total. The highest BCUT2D eigenvalue weighted by Crippen LogP contribution is 2.52. The van der Waals surface area contributed by atoms with Crippen LogP contribution in [0.3, 0.4) is 0 Å². The van der Waals surface area contributed by atoms with Crippen molar-refractivity contribution in [1.29, 1.82) is 0 Å². The number of esters is 2. The van der Waals surface area contributed by atoms with E-state index in [1.54, 1.807) is 0 Å². The molecule has 5 rings (SSSR count). The molecule has 1 aromatic rings. The van der Waals surface area contributed by atoms with Crippen molar-refractivity contribution in [2.75, 3.05) is 44.4 Å². The van der Waals surface area contributed by atoms with Crippen LogP contribution in [0.4, 0.5) is 0 Å². The van der Waals surface area contributed by atoms with Crippen LogP contribution in [-0.2, 0) is 25.6 Å². The fourth-order valence-electron chi connectivity index (χ4n) is 9.37. The van der Waals surface area contributed by atoms with Crippen molar-refractivity contribution in [1.82, 2.24) is 14.5 Å². The van der Waals surface area contributed by atoms with E-state index >= 15 is 0 Å². The van der Waals surface area contributed by atoms with Crippen LogP contribution in [-0.4, -0.2) is 75.3 Å². The topological polar surface area (TPSA) is 73.7 Å². The second-order valence-electron chi connectivity index (χ2n) is 17.7. The number of hydrogen-bond donors (Lipinski definition) is 0. The van der Waals surface area contributed by atoms with Crippen LogP contribution in [0.1, 0.15) is 187 Å². The lowest BCUT2D eigenvalue weighted by atomic mass is 9.59. The minimum Gasteiger partial charge on any atom is -0.466 e. The van der Waals surface area contributed by atoms with E-state index in [-0.39, 0.29) is 22.8 Å². The van der Waals surface area contributed by atoms with Gasteiger partial charge in [0.2, 0.25) is 0 Å². The summed E-state index contributed by atoms with van der Waals surface area (Å²) in [5, 5.41) is 0. The molecule has 2 heterocycles. The molecule has 4 aliphatic rings. The average molecular weight is 804 g/mol. The zero-order valence-corrected chi connectivity index (χ0v) is 37.1. The Labute approximate surface area is 345 Å². The van der Waals surface area contributed by atoms with Gasteiger partial charge < -0.3 is 18.9 Å². The van der Waals surface area contributed by atoms with Crippen molar-refractivity contribution in [2.24, 2.45) is 16.7 Å². The molecule has 3 saturated carbocycles. The van der Waals surface area contributed by atoms with E-state index < -0.39 is 0 Å². The molecule has 2 bridgehead atoms. The third-order valence-corrected chi connectivity index (χ3v) is 16.4. The molecule has 1 aliphatic heterocycles. The Bertz CT molecular complexity index is 1100. The molecule has 1 saturated heterocycles. The smallest absolute Gasteiger partial charge is 0.306 e. The maximum Gasteiger partial charge on any atom is 0.306 e. The summed E-state index contributed by atoms with van der Waals surface area (Å²) in [7, 11) is 0. The number of ether oxygens (including phenoxy) is 2. The minimum atomic E-state index is -0.0382. The number of unbranched alkanes of at least 4 members (excludes halogenated alkanes) is 11. The normalized spacial score (nSPS) is 21.0. The molecule has 4 fully saturated rings. The molecular formula is C46H81N3O4S2. The largest absolute Gasteiger partial charge is 0.466 e. The quantitative estimate of drug-likeness (QED) is 0.0405. The van der Waals surface area contributed by atoms with Crippen molar-refractivity contribution in [3.63, 3.8) is 0 Å². The van der Waals surface area contributed by atoms with Gasteiger partial charge in [-0.3, -0.25) is 9.59 Å². The van der Waals surface area contributed by atoms with Gasteiger partial charge in [0.25, 0.3) is 0 Å². The van der Waals surface area contributed by atoms with Gasteiger partial charge in [0.1, 0.15) is 0 Å². The van der Waals surface area contributed by atoms with Crippen molar-refractivity contribution >= 4 is 35.5 Å². The van der Waals surface area contributed by atoms with E-state index in [0.717, 1.165) is 70.6 Å². The van der Waals surface area contributed by atoms with Crippen LogP contribution in [0.2, 0.25) is 0 Å². The molecule has 0 radical (unpaired) electrons. The number of nitrogens with zero attached hydrogens (tertiary/aromatic N) is 3. The van der Waals surface area contributed by atoms with Crippen LogP contribution < -0.4 is 0 Å². The number of imidazole rings is 1. The number of aryl methyl sites for hydroxylation is 1. The first-order valence-electron chi connectivity index (χ1n) is 23.2. The van der Waals surface area contributed by atoms with Crippen LogP contribution in [0.5, 0.6) is 0 Å². The average Bonchev–Trinajstić information content (AvgIpc) is 3.72. The Kier molecular flexibility index (Phi) is 23.2. The molecule has 55 heavy (non-hydrogen) atoms. The number of aromatic nitrogens is 2. The van der Waals surface area contributed by atoms with Gasteiger partial charge in [-0.25, -0.2) is 4.98 Å². The van der Waals surface area contributed by atoms with Gasteiger partial charge in [-0.2, -0.15) is 0 Å². The zero-order chi connectivity index (χ0) is 38.9. The monoisotopic (exact) mass is 804 g/mol. The minimum absolute atomic E-state index is 0.00976. The maximum absolute atomic E-state index is 13.2. The number of likely N-dealkylation sites (tertiary alicyclic amines) is 1. The third kappa shape index (κ3) is 19.0. The predicted octanol–water partition coefficient (Wildman–Crippen LogP) is 12.3. The van der Waals surface area contributed by atoms with Gasteiger partial charge in [-0.1, -0.05) is 78.1 Å². The van der Waals surface area contributed by atoms with Gasteiger partial charge in [0.05, 0.1) is 30.5 Å². The Morgan fingerprint density at radius 1 is 0.727 bits per heavy atom. The molecule has 3 aliphatic carbocycles. The summed E-state index contributed by atoms with van der Waals surface area (Å²) in [6, 6.07) is 0. The van der Waals surface area contributed by atoms with Crippen LogP contribution in [0, 0.1) is 16.7 Å². The fraction of sp³-hybridized carbons (Fsp3) is 0.891. The molecule has 1 aromatic heterocycles. The Morgan fingerprint density at radius 2 is 1.29 bits per heavy atom. The van der Waals surface area contributed by atoms with Crippen molar-refractivity contribution < 1.29 is 19.1 Å². The van der Waals surface area contributed by atoms with Crippen molar-refractivity contribution in [2.45, 2.75) is 198 Å². The summed E-state index contributed by atoms with van der Waals surface area (Å²) in [5.41, 5.74) is 0.261. The molecule has 0 amide bonds. The zero-order valence-electron chi connectivity index (χ0n) is 35.4. The molecule has 0 spiro atoms. The summed E-state index contributed by atoms with van der Waals surface area (Å²) >= 11 is 4.16. The van der Waals surface area contributed by atoms with Crippen LogP contribution in [0.15, 0.2) is 18.7 Å². The third-order valence-electron chi connectivity index (χ3n) is 13.4. The van der Waals surface area contributed by atoms with E-state index in [4.69, 9.17) is 9.47 Å². The van der Waals surface area contributed by atoms with Crippen LogP contribution in [0.25, 0.3) is 0 Å².